The number of carboxylic acid groups (broad SMARTS) is 1. The Morgan fingerprint density at radius 1 is 1.24 bits per heavy atom. The average molecular weight is 463 g/mol. The molecule has 1 atom stereocenters. The molecule has 1 heterocycles. The van der Waals surface area contributed by atoms with Crippen molar-refractivity contribution in [3.63, 3.8) is 0 Å². The summed E-state index contributed by atoms with van der Waals surface area (Å²) in [4.78, 5) is 24.9. The van der Waals surface area contributed by atoms with Crippen molar-refractivity contribution in [1.29, 1.82) is 0 Å². The van der Waals surface area contributed by atoms with Crippen molar-refractivity contribution < 1.29 is 37.3 Å². The average Bonchev–Trinajstić information content (AvgIpc) is 2.71. The van der Waals surface area contributed by atoms with Crippen LogP contribution in [0.2, 0.25) is 0 Å². The fourth-order valence-corrected chi connectivity index (χ4v) is 3.84. The van der Waals surface area contributed by atoms with Gasteiger partial charge in [-0.05, 0) is 66.8 Å². The largest absolute Gasteiger partial charge is 0.573 e. The number of aryl methyl sites for hydroxylation is 1. The molecule has 176 valence electrons. The predicted octanol–water partition coefficient (Wildman–Crippen LogP) is 6.33. The molecule has 0 saturated heterocycles. The number of cyclic esters (lactones) is 1. The molecule has 1 amide bonds. The molecule has 1 N–H and O–H groups in total. The summed E-state index contributed by atoms with van der Waals surface area (Å²) < 4.78 is 49.1. The number of carbonyl (C=O) groups excluding carboxylic acids is 1. The molecule has 0 radical (unpaired) electrons. The zero-order valence-electron chi connectivity index (χ0n) is 18.6. The van der Waals surface area contributed by atoms with Crippen LogP contribution in [0.4, 0.5) is 23.7 Å². The minimum absolute atomic E-state index is 0.00874. The number of carboxylic acids is 1. The van der Waals surface area contributed by atoms with Crippen LogP contribution in [0.5, 0.6) is 5.75 Å². The number of nitrogens with zero attached hydrogens (tertiary/aromatic N) is 1. The van der Waals surface area contributed by atoms with Crippen molar-refractivity contribution >= 4 is 23.8 Å². The molecule has 3 rings (SSSR count). The second-order valence-electron chi connectivity index (χ2n) is 7.99. The third-order valence-corrected chi connectivity index (χ3v) is 5.28. The fraction of sp³-hybridized carbons (Fsp3) is 0.333. The molecule has 2 aromatic carbocycles. The van der Waals surface area contributed by atoms with Gasteiger partial charge in [-0.15, -0.1) is 13.2 Å². The summed E-state index contributed by atoms with van der Waals surface area (Å²) in [7, 11) is 0. The molecule has 0 aromatic heterocycles. The third kappa shape index (κ3) is 5.30. The van der Waals surface area contributed by atoms with Gasteiger partial charge < -0.3 is 14.6 Å². The van der Waals surface area contributed by atoms with E-state index in [1.165, 1.54) is 23.1 Å². The number of amides is 1. The topological polar surface area (TPSA) is 76.1 Å². The van der Waals surface area contributed by atoms with E-state index in [1.807, 2.05) is 19.9 Å². The van der Waals surface area contributed by atoms with Gasteiger partial charge >= 0.3 is 18.4 Å². The lowest BCUT2D eigenvalue weighted by Crippen LogP contribution is -2.38. The van der Waals surface area contributed by atoms with E-state index in [0.29, 0.717) is 28.9 Å². The molecule has 6 nitrogen and oxygen atoms in total. The number of aliphatic carboxylic acids is 1. The van der Waals surface area contributed by atoms with Crippen molar-refractivity contribution in [2.24, 2.45) is 5.92 Å². The van der Waals surface area contributed by atoms with Crippen LogP contribution in [-0.4, -0.2) is 30.1 Å². The first-order chi connectivity index (χ1) is 15.4. The SMILES string of the molecule is CCN1C(=O)OC(C(C)C)c2cc(C)c(-c3cc(/C=C/C(=O)O)ccc3OC(F)(F)F)cc21. The molecule has 0 saturated carbocycles. The Balaban J connectivity index is 2.24. The highest BCUT2D eigenvalue weighted by atomic mass is 19.4. The van der Waals surface area contributed by atoms with E-state index in [-0.39, 0.29) is 11.5 Å². The summed E-state index contributed by atoms with van der Waals surface area (Å²) in [5.74, 6) is -1.63. The Morgan fingerprint density at radius 2 is 1.94 bits per heavy atom. The Morgan fingerprint density at radius 3 is 2.52 bits per heavy atom. The van der Waals surface area contributed by atoms with Crippen molar-refractivity contribution in [3.05, 3.63) is 53.1 Å². The lowest BCUT2D eigenvalue weighted by molar-refractivity contribution is -0.274. The number of rotatable bonds is 6. The maximum atomic E-state index is 13.1. The second-order valence-corrected chi connectivity index (χ2v) is 7.99. The standard InChI is InChI=1S/C24H24F3NO5/c1-5-28-19-12-16(14(4)10-18(19)22(13(2)3)32-23(28)31)17-11-15(7-9-21(29)30)6-8-20(17)33-24(25,26)27/h6-13,22H,5H2,1-4H3,(H,29,30)/b9-7+. The minimum Gasteiger partial charge on any atom is -0.478 e. The van der Waals surface area contributed by atoms with Gasteiger partial charge in [0.15, 0.2) is 0 Å². The second kappa shape index (κ2) is 9.17. The number of carbonyl (C=O) groups is 2. The van der Waals surface area contributed by atoms with E-state index >= 15 is 0 Å². The van der Waals surface area contributed by atoms with Gasteiger partial charge in [0.25, 0.3) is 0 Å². The molecule has 0 aliphatic carbocycles. The van der Waals surface area contributed by atoms with Crippen LogP contribution < -0.4 is 9.64 Å². The van der Waals surface area contributed by atoms with Crippen LogP contribution in [0.25, 0.3) is 17.2 Å². The first kappa shape index (κ1) is 24.2. The number of halogens is 3. The summed E-state index contributed by atoms with van der Waals surface area (Å²) in [6.45, 7) is 7.67. The molecule has 33 heavy (non-hydrogen) atoms. The van der Waals surface area contributed by atoms with Gasteiger partial charge in [-0.1, -0.05) is 19.9 Å². The number of hydrogen-bond donors (Lipinski definition) is 1. The van der Waals surface area contributed by atoms with Gasteiger partial charge in [0.1, 0.15) is 11.9 Å². The predicted molar refractivity (Wildman–Crippen MR) is 117 cm³/mol. The highest BCUT2D eigenvalue weighted by Crippen LogP contribution is 2.44. The van der Waals surface area contributed by atoms with Crippen LogP contribution >= 0.6 is 0 Å². The number of hydrogen-bond acceptors (Lipinski definition) is 4. The van der Waals surface area contributed by atoms with Gasteiger partial charge in [0.2, 0.25) is 0 Å². The lowest BCUT2D eigenvalue weighted by Gasteiger charge is -2.36. The molecule has 2 aromatic rings. The van der Waals surface area contributed by atoms with E-state index in [2.05, 4.69) is 4.74 Å². The molecular weight excluding hydrogens is 439 g/mol. The zero-order valence-corrected chi connectivity index (χ0v) is 18.6. The van der Waals surface area contributed by atoms with Crippen molar-refractivity contribution in [3.8, 4) is 16.9 Å². The number of alkyl halides is 3. The smallest absolute Gasteiger partial charge is 0.478 e. The number of benzene rings is 2. The Labute approximate surface area is 189 Å². The highest BCUT2D eigenvalue weighted by Gasteiger charge is 2.36. The van der Waals surface area contributed by atoms with Crippen LogP contribution in [0.15, 0.2) is 36.4 Å². The lowest BCUT2D eigenvalue weighted by atomic mass is 9.89. The third-order valence-electron chi connectivity index (χ3n) is 5.28. The fourth-order valence-electron chi connectivity index (χ4n) is 3.84. The van der Waals surface area contributed by atoms with Gasteiger partial charge in [0, 0.05) is 23.7 Å². The monoisotopic (exact) mass is 463 g/mol. The van der Waals surface area contributed by atoms with E-state index in [0.717, 1.165) is 17.7 Å². The maximum absolute atomic E-state index is 13.1. The quantitative estimate of drug-likeness (QED) is 0.507. The van der Waals surface area contributed by atoms with Crippen LogP contribution in [0, 0.1) is 12.8 Å². The molecule has 1 aliphatic rings. The van der Waals surface area contributed by atoms with Gasteiger partial charge in [0.05, 0.1) is 5.69 Å². The summed E-state index contributed by atoms with van der Waals surface area (Å²) in [6, 6.07) is 7.37. The first-order valence-corrected chi connectivity index (χ1v) is 10.3. The van der Waals surface area contributed by atoms with E-state index in [9.17, 15) is 22.8 Å². The molecule has 0 spiro atoms. The summed E-state index contributed by atoms with van der Waals surface area (Å²) in [5.41, 5.74) is 2.90. The molecular formula is C24H24F3NO5. The van der Waals surface area contributed by atoms with E-state index in [4.69, 9.17) is 9.84 Å². The number of ether oxygens (including phenoxy) is 2. The zero-order chi connectivity index (χ0) is 24.5. The van der Waals surface area contributed by atoms with Gasteiger partial charge in [-0.3, -0.25) is 4.90 Å². The molecule has 9 heteroatoms. The first-order valence-electron chi connectivity index (χ1n) is 10.3. The minimum atomic E-state index is -4.92. The Kier molecular flexibility index (Phi) is 6.71. The number of fused-ring (bicyclic) bond motifs is 1. The van der Waals surface area contributed by atoms with Gasteiger partial charge in [-0.2, -0.15) is 0 Å². The molecule has 0 bridgehead atoms. The normalized spacial score (nSPS) is 16.2. The summed E-state index contributed by atoms with van der Waals surface area (Å²) in [5, 5.41) is 8.89. The van der Waals surface area contributed by atoms with E-state index < -0.39 is 30.3 Å². The summed E-state index contributed by atoms with van der Waals surface area (Å²) in [6.07, 6.45) is -3.76. The van der Waals surface area contributed by atoms with E-state index in [1.54, 1.807) is 19.9 Å². The van der Waals surface area contributed by atoms with Crippen LogP contribution in [0.1, 0.15) is 43.6 Å². The van der Waals surface area contributed by atoms with Crippen LogP contribution in [0.3, 0.4) is 0 Å². The maximum Gasteiger partial charge on any atom is 0.573 e. The van der Waals surface area contributed by atoms with Crippen molar-refractivity contribution in [2.75, 3.05) is 11.4 Å². The van der Waals surface area contributed by atoms with Gasteiger partial charge in [-0.25, -0.2) is 9.59 Å². The van der Waals surface area contributed by atoms with Crippen LogP contribution in [-0.2, 0) is 9.53 Å². The summed E-state index contributed by atoms with van der Waals surface area (Å²) >= 11 is 0. The number of anilines is 1. The van der Waals surface area contributed by atoms with Crippen molar-refractivity contribution in [2.45, 2.75) is 40.2 Å². The Bertz CT molecular complexity index is 1110. The Hall–Kier alpha value is -3.49. The molecule has 0 fully saturated rings. The molecule has 1 unspecified atom stereocenters. The molecule has 1 aliphatic heterocycles. The highest BCUT2D eigenvalue weighted by molar-refractivity contribution is 5.93. The van der Waals surface area contributed by atoms with Crippen molar-refractivity contribution in [1.82, 2.24) is 0 Å².